The lowest BCUT2D eigenvalue weighted by atomic mass is 9.79. The predicted molar refractivity (Wildman–Crippen MR) is 118 cm³/mol. The second-order valence-corrected chi connectivity index (χ2v) is 10.1. The summed E-state index contributed by atoms with van der Waals surface area (Å²) in [7, 11) is 0. The molecule has 1 aliphatic carbocycles. The summed E-state index contributed by atoms with van der Waals surface area (Å²) >= 11 is 0. The van der Waals surface area contributed by atoms with E-state index in [2.05, 4.69) is 30.1 Å². The summed E-state index contributed by atoms with van der Waals surface area (Å²) in [6, 6.07) is 1.51. The van der Waals surface area contributed by atoms with Crippen LogP contribution in [0.3, 0.4) is 0 Å². The SMILES string of the molecule is CC(C)CN1CCC(C#N)(NC(=O)C(CC2CCCCC2)C2COCCN2C(N)=O)C1. The maximum Gasteiger partial charge on any atom is 0.315 e. The Labute approximate surface area is 186 Å². The highest BCUT2D eigenvalue weighted by Crippen LogP contribution is 2.33. The number of carbonyl (C=O) groups is 2. The van der Waals surface area contributed by atoms with Gasteiger partial charge >= 0.3 is 6.03 Å². The van der Waals surface area contributed by atoms with Gasteiger partial charge in [-0.25, -0.2) is 4.79 Å². The molecule has 0 spiro atoms. The number of nitrogens with two attached hydrogens (primary N) is 1. The fourth-order valence-corrected chi connectivity index (χ4v) is 5.56. The number of nitrogens with zero attached hydrogens (tertiary/aromatic N) is 3. The third-order valence-electron chi connectivity index (χ3n) is 7.11. The Morgan fingerprint density at radius 1 is 1.26 bits per heavy atom. The Kier molecular flexibility index (Phi) is 8.17. The summed E-state index contributed by atoms with van der Waals surface area (Å²) in [6.07, 6.45) is 7.17. The monoisotopic (exact) mass is 433 g/mol. The van der Waals surface area contributed by atoms with Gasteiger partial charge in [-0.3, -0.25) is 9.69 Å². The van der Waals surface area contributed by atoms with Crippen LogP contribution in [0.25, 0.3) is 0 Å². The lowest BCUT2D eigenvalue weighted by molar-refractivity contribution is -0.131. The van der Waals surface area contributed by atoms with E-state index in [1.807, 2.05) is 0 Å². The Bertz CT molecular complexity index is 673. The molecule has 3 aliphatic rings. The van der Waals surface area contributed by atoms with Gasteiger partial charge in [0.05, 0.1) is 31.2 Å². The smallest absolute Gasteiger partial charge is 0.315 e. The molecule has 1 saturated carbocycles. The molecule has 3 rings (SSSR count). The lowest BCUT2D eigenvalue weighted by Crippen LogP contribution is -2.59. The van der Waals surface area contributed by atoms with Gasteiger partial charge in [-0.2, -0.15) is 5.26 Å². The minimum atomic E-state index is -0.871. The van der Waals surface area contributed by atoms with E-state index < -0.39 is 17.5 Å². The number of amides is 3. The molecule has 0 radical (unpaired) electrons. The number of rotatable bonds is 7. The maximum atomic E-state index is 13.6. The first-order valence-corrected chi connectivity index (χ1v) is 11.9. The number of hydrogen-bond donors (Lipinski definition) is 2. The second-order valence-electron chi connectivity index (χ2n) is 10.1. The molecule has 3 amide bonds. The van der Waals surface area contributed by atoms with Gasteiger partial charge in [-0.15, -0.1) is 0 Å². The number of hydrogen-bond acceptors (Lipinski definition) is 5. The zero-order chi connectivity index (χ0) is 22.4. The molecule has 8 heteroatoms. The van der Waals surface area contributed by atoms with E-state index in [4.69, 9.17) is 10.5 Å². The zero-order valence-electron chi connectivity index (χ0n) is 19.1. The van der Waals surface area contributed by atoms with Crippen LogP contribution in [0.4, 0.5) is 4.79 Å². The average molecular weight is 434 g/mol. The van der Waals surface area contributed by atoms with Crippen LogP contribution in [0.2, 0.25) is 0 Å². The van der Waals surface area contributed by atoms with E-state index in [1.165, 1.54) is 19.3 Å². The van der Waals surface area contributed by atoms with Crippen molar-refractivity contribution < 1.29 is 14.3 Å². The number of ether oxygens (including phenoxy) is 1. The first kappa shape index (κ1) is 23.8. The van der Waals surface area contributed by atoms with Crippen molar-refractivity contribution in [3.63, 3.8) is 0 Å². The Morgan fingerprint density at radius 3 is 2.65 bits per heavy atom. The van der Waals surface area contributed by atoms with Crippen molar-refractivity contribution in [3.05, 3.63) is 0 Å². The van der Waals surface area contributed by atoms with Crippen molar-refractivity contribution in [1.82, 2.24) is 15.1 Å². The summed E-state index contributed by atoms with van der Waals surface area (Å²) in [5.74, 6) is 0.411. The lowest BCUT2D eigenvalue weighted by Gasteiger charge is -2.40. The van der Waals surface area contributed by atoms with Crippen LogP contribution in [0.1, 0.15) is 58.8 Å². The molecule has 8 nitrogen and oxygen atoms in total. The van der Waals surface area contributed by atoms with Crippen molar-refractivity contribution in [1.29, 1.82) is 5.26 Å². The number of primary amides is 1. The molecule has 2 saturated heterocycles. The van der Waals surface area contributed by atoms with Gasteiger partial charge in [0.25, 0.3) is 0 Å². The van der Waals surface area contributed by atoms with E-state index in [0.29, 0.717) is 51.0 Å². The van der Waals surface area contributed by atoms with Crippen LogP contribution in [-0.2, 0) is 9.53 Å². The number of nitrogens with one attached hydrogen (secondary N) is 1. The summed E-state index contributed by atoms with van der Waals surface area (Å²) in [4.78, 5) is 29.6. The molecule has 31 heavy (non-hydrogen) atoms. The molecule has 0 aromatic heterocycles. The first-order valence-electron chi connectivity index (χ1n) is 11.9. The summed E-state index contributed by atoms with van der Waals surface area (Å²) in [5.41, 5.74) is 4.78. The van der Waals surface area contributed by atoms with E-state index in [-0.39, 0.29) is 11.9 Å². The third kappa shape index (κ3) is 6.11. The highest BCUT2D eigenvalue weighted by atomic mass is 16.5. The molecule has 3 unspecified atom stereocenters. The quantitative estimate of drug-likeness (QED) is 0.638. The standard InChI is InChI=1S/C23H39N5O3/c1-17(2)13-27-9-8-23(15-24,16-27)26-21(29)19(12-18-6-4-3-5-7-18)20-14-31-11-10-28(20)22(25)30/h17-20H,3-14,16H2,1-2H3,(H2,25,30)(H,26,29). The molecule has 174 valence electrons. The van der Waals surface area contributed by atoms with Crippen LogP contribution in [0, 0.1) is 29.1 Å². The molecule has 3 N–H and O–H groups in total. The van der Waals surface area contributed by atoms with Crippen molar-refractivity contribution in [2.24, 2.45) is 23.5 Å². The Morgan fingerprint density at radius 2 is 2.00 bits per heavy atom. The highest BCUT2D eigenvalue weighted by Gasteiger charge is 2.44. The van der Waals surface area contributed by atoms with Crippen molar-refractivity contribution >= 4 is 11.9 Å². The highest BCUT2D eigenvalue weighted by molar-refractivity contribution is 5.82. The molecular formula is C23H39N5O3. The first-order chi connectivity index (χ1) is 14.8. The molecule has 2 aliphatic heterocycles. The number of likely N-dealkylation sites (tertiary alicyclic amines) is 1. The van der Waals surface area contributed by atoms with Crippen LogP contribution >= 0.6 is 0 Å². The van der Waals surface area contributed by atoms with Crippen LogP contribution in [0.5, 0.6) is 0 Å². The van der Waals surface area contributed by atoms with Gasteiger partial charge in [-0.1, -0.05) is 46.0 Å². The summed E-state index contributed by atoms with van der Waals surface area (Å²) < 4.78 is 5.66. The molecular weight excluding hydrogens is 394 g/mol. The van der Waals surface area contributed by atoms with Crippen LogP contribution in [0.15, 0.2) is 0 Å². The van der Waals surface area contributed by atoms with Gasteiger partial charge < -0.3 is 20.7 Å². The van der Waals surface area contributed by atoms with Crippen molar-refractivity contribution in [2.75, 3.05) is 39.4 Å². The summed E-state index contributed by atoms with van der Waals surface area (Å²) in [5, 5.41) is 13.1. The Hall–Kier alpha value is -1.85. The number of nitriles is 1. The van der Waals surface area contributed by atoms with Gasteiger partial charge in [-0.05, 0) is 24.7 Å². The van der Waals surface area contributed by atoms with Crippen LogP contribution < -0.4 is 11.1 Å². The Balaban J connectivity index is 1.76. The van der Waals surface area contributed by atoms with Gasteiger partial charge in [0.1, 0.15) is 5.54 Å². The van der Waals surface area contributed by atoms with Gasteiger partial charge in [0, 0.05) is 26.2 Å². The molecule has 0 bridgehead atoms. The van der Waals surface area contributed by atoms with Crippen LogP contribution in [-0.4, -0.2) is 72.7 Å². The maximum absolute atomic E-state index is 13.6. The van der Waals surface area contributed by atoms with E-state index in [1.54, 1.807) is 4.90 Å². The van der Waals surface area contributed by atoms with E-state index in [9.17, 15) is 14.9 Å². The average Bonchev–Trinajstić information content (AvgIpc) is 3.14. The minimum absolute atomic E-state index is 0.139. The zero-order valence-corrected chi connectivity index (χ0v) is 19.1. The number of morpholine rings is 1. The molecule has 0 aromatic rings. The third-order valence-corrected chi connectivity index (χ3v) is 7.11. The predicted octanol–water partition coefficient (Wildman–Crippen LogP) is 2.09. The molecule has 3 fully saturated rings. The topological polar surface area (TPSA) is 112 Å². The van der Waals surface area contributed by atoms with E-state index >= 15 is 0 Å². The van der Waals surface area contributed by atoms with Crippen molar-refractivity contribution in [2.45, 2.75) is 70.4 Å². The molecule has 3 atom stereocenters. The second kappa shape index (κ2) is 10.6. The minimum Gasteiger partial charge on any atom is -0.377 e. The molecule has 2 heterocycles. The largest absolute Gasteiger partial charge is 0.377 e. The summed E-state index contributed by atoms with van der Waals surface area (Å²) in [6.45, 7) is 7.73. The van der Waals surface area contributed by atoms with Gasteiger partial charge in [0.15, 0.2) is 0 Å². The van der Waals surface area contributed by atoms with Gasteiger partial charge in [0.2, 0.25) is 5.91 Å². The number of urea groups is 1. The fourth-order valence-electron chi connectivity index (χ4n) is 5.56. The normalized spacial score (nSPS) is 29.0. The fraction of sp³-hybridized carbons (Fsp3) is 0.870. The molecule has 0 aromatic carbocycles. The number of carbonyl (C=O) groups excluding carboxylic acids is 2. The van der Waals surface area contributed by atoms with E-state index in [0.717, 1.165) is 25.9 Å². The van der Waals surface area contributed by atoms with Crippen molar-refractivity contribution in [3.8, 4) is 6.07 Å².